The van der Waals surface area contributed by atoms with Gasteiger partial charge in [0.15, 0.2) is 0 Å². The first-order valence-corrected chi connectivity index (χ1v) is 8.79. The van der Waals surface area contributed by atoms with Crippen LogP contribution in [0.15, 0.2) is 22.7 Å². The Bertz CT molecular complexity index is 433. The van der Waals surface area contributed by atoms with Crippen molar-refractivity contribution in [2.24, 2.45) is 5.92 Å². The summed E-state index contributed by atoms with van der Waals surface area (Å²) in [6, 6.07) is 6.67. The molecule has 1 saturated heterocycles. The molecule has 2 rings (SSSR count). The molecule has 1 aromatic carbocycles. The molecular weight excluding hydrogens is 330 g/mol. The van der Waals surface area contributed by atoms with Crippen LogP contribution in [-0.4, -0.2) is 26.4 Å². The van der Waals surface area contributed by atoms with Crippen LogP contribution in [-0.2, 0) is 4.74 Å². The number of rotatable bonds is 7. The SMILES string of the molecule is CCCNC(c1cc(Br)ccc1OCC)C1CCOCC1. The zero-order valence-corrected chi connectivity index (χ0v) is 14.6. The lowest BCUT2D eigenvalue weighted by molar-refractivity contribution is 0.0532. The van der Waals surface area contributed by atoms with E-state index in [2.05, 4.69) is 46.4 Å². The van der Waals surface area contributed by atoms with Crippen LogP contribution < -0.4 is 10.1 Å². The van der Waals surface area contributed by atoms with Crippen LogP contribution in [0.5, 0.6) is 5.75 Å². The summed E-state index contributed by atoms with van der Waals surface area (Å²) in [5.41, 5.74) is 1.27. The maximum atomic E-state index is 5.85. The molecule has 0 spiro atoms. The minimum Gasteiger partial charge on any atom is -0.494 e. The van der Waals surface area contributed by atoms with Gasteiger partial charge in [-0.05, 0) is 56.8 Å². The minimum absolute atomic E-state index is 0.341. The van der Waals surface area contributed by atoms with Crippen LogP contribution in [0.2, 0.25) is 0 Å². The third kappa shape index (κ3) is 4.70. The second-order valence-electron chi connectivity index (χ2n) is 5.50. The fourth-order valence-corrected chi connectivity index (χ4v) is 3.31. The number of ether oxygens (including phenoxy) is 2. The molecule has 1 fully saturated rings. The van der Waals surface area contributed by atoms with Gasteiger partial charge in [-0.3, -0.25) is 0 Å². The molecule has 1 unspecified atom stereocenters. The third-order valence-corrected chi connectivity index (χ3v) is 4.45. The first kappa shape index (κ1) is 16.8. The first-order chi connectivity index (χ1) is 10.3. The molecular formula is C17H26BrNO2. The summed E-state index contributed by atoms with van der Waals surface area (Å²) >= 11 is 3.60. The second kappa shape index (κ2) is 8.76. The number of benzene rings is 1. The largest absolute Gasteiger partial charge is 0.494 e. The summed E-state index contributed by atoms with van der Waals surface area (Å²) in [6.07, 6.45) is 3.36. The van der Waals surface area contributed by atoms with Gasteiger partial charge in [-0.15, -0.1) is 0 Å². The highest BCUT2D eigenvalue weighted by Gasteiger charge is 2.27. The van der Waals surface area contributed by atoms with Gasteiger partial charge in [0, 0.05) is 29.3 Å². The summed E-state index contributed by atoms with van der Waals surface area (Å²) in [5, 5.41) is 3.73. The average molecular weight is 356 g/mol. The van der Waals surface area contributed by atoms with Gasteiger partial charge in [-0.1, -0.05) is 22.9 Å². The molecule has 0 saturated carbocycles. The fraction of sp³-hybridized carbons (Fsp3) is 0.647. The molecule has 118 valence electrons. The van der Waals surface area contributed by atoms with Crippen molar-refractivity contribution >= 4 is 15.9 Å². The lowest BCUT2D eigenvalue weighted by atomic mass is 9.86. The van der Waals surface area contributed by atoms with E-state index in [9.17, 15) is 0 Å². The van der Waals surface area contributed by atoms with Crippen molar-refractivity contribution in [1.29, 1.82) is 0 Å². The molecule has 1 heterocycles. The summed E-state index contributed by atoms with van der Waals surface area (Å²) < 4.78 is 12.5. The van der Waals surface area contributed by atoms with Crippen molar-refractivity contribution < 1.29 is 9.47 Å². The Labute approximate surface area is 136 Å². The highest BCUT2D eigenvalue weighted by molar-refractivity contribution is 9.10. The zero-order chi connectivity index (χ0) is 15.1. The normalized spacial score (nSPS) is 17.7. The molecule has 1 aliphatic rings. The average Bonchev–Trinajstić information content (AvgIpc) is 2.51. The van der Waals surface area contributed by atoms with E-state index >= 15 is 0 Å². The summed E-state index contributed by atoms with van der Waals surface area (Å²) in [4.78, 5) is 0. The van der Waals surface area contributed by atoms with E-state index in [0.29, 0.717) is 18.6 Å². The van der Waals surface area contributed by atoms with Crippen LogP contribution >= 0.6 is 15.9 Å². The number of nitrogens with one attached hydrogen (secondary N) is 1. The van der Waals surface area contributed by atoms with Gasteiger partial charge in [0.05, 0.1) is 6.61 Å². The van der Waals surface area contributed by atoms with Crippen molar-refractivity contribution in [2.75, 3.05) is 26.4 Å². The Kier molecular flexibility index (Phi) is 7.00. The van der Waals surface area contributed by atoms with Crippen molar-refractivity contribution in [3.05, 3.63) is 28.2 Å². The summed E-state index contributed by atoms with van der Waals surface area (Å²) in [5.74, 6) is 1.61. The standard InChI is InChI=1S/C17H26BrNO2/c1-3-9-19-17(13-7-10-20-11-8-13)15-12-14(18)5-6-16(15)21-4-2/h5-6,12-13,17,19H,3-4,7-11H2,1-2H3. The molecule has 0 bridgehead atoms. The van der Waals surface area contributed by atoms with Crippen LogP contribution in [0.25, 0.3) is 0 Å². The highest BCUT2D eigenvalue weighted by atomic mass is 79.9. The van der Waals surface area contributed by atoms with Crippen LogP contribution in [0.4, 0.5) is 0 Å². The number of hydrogen-bond acceptors (Lipinski definition) is 3. The fourth-order valence-electron chi connectivity index (χ4n) is 2.93. The molecule has 3 nitrogen and oxygen atoms in total. The van der Waals surface area contributed by atoms with E-state index < -0.39 is 0 Å². The molecule has 0 aromatic heterocycles. The maximum Gasteiger partial charge on any atom is 0.124 e. The maximum absolute atomic E-state index is 5.85. The Hall–Kier alpha value is -0.580. The Morgan fingerprint density at radius 1 is 1.33 bits per heavy atom. The Balaban J connectivity index is 2.27. The molecule has 0 aliphatic carbocycles. The van der Waals surface area contributed by atoms with Gasteiger partial charge in [0.1, 0.15) is 5.75 Å². The highest BCUT2D eigenvalue weighted by Crippen LogP contribution is 2.36. The smallest absolute Gasteiger partial charge is 0.124 e. The van der Waals surface area contributed by atoms with Gasteiger partial charge in [0.25, 0.3) is 0 Å². The van der Waals surface area contributed by atoms with Crippen molar-refractivity contribution in [3.8, 4) is 5.75 Å². The van der Waals surface area contributed by atoms with E-state index in [1.807, 2.05) is 6.92 Å². The van der Waals surface area contributed by atoms with E-state index in [-0.39, 0.29) is 0 Å². The molecule has 0 radical (unpaired) electrons. The second-order valence-corrected chi connectivity index (χ2v) is 6.41. The van der Waals surface area contributed by atoms with Crippen molar-refractivity contribution in [3.63, 3.8) is 0 Å². The van der Waals surface area contributed by atoms with Crippen molar-refractivity contribution in [2.45, 2.75) is 39.2 Å². The van der Waals surface area contributed by atoms with Crippen LogP contribution in [0.3, 0.4) is 0 Å². The molecule has 1 aromatic rings. The van der Waals surface area contributed by atoms with Gasteiger partial charge < -0.3 is 14.8 Å². The Morgan fingerprint density at radius 2 is 2.10 bits per heavy atom. The monoisotopic (exact) mass is 355 g/mol. The molecule has 1 atom stereocenters. The number of hydrogen-bond donors (Lipinski definition) is 1. The minimum atomic E-state index is 0.341. The molecule has 0 amide bonds. The lowest BCUT2D eigenvalue weighted by Crippen LogP contribution is -2.33. The molecule has 1 aliphatic heterocycles. The van der Waals surface area contributed by atoms with E-state index in [4.69, 9.17) is 9.47 Å². The van der Waals surface area contributed by atoms with Crippen LogP contribution in [0.1, 0.15) is 44.7 Å². The third-order valence-electron chi connectivity index (χ3n) is 3.96. The summed E-state index contributed by atoms with van der Waals surface area (Å²) in [6.45, 7) is 7.70. The number of halogens is 1. The molecule has 4 heteroatoms. The molecule has 21 heavy (non-hydrogen) atoms. The van der Waals surface area contributed by atoms with Gasteiger partial charge in [0.2, 0.25) is 0 Å². The van der Waals surface area contributed by atoms with Gasteiger partial charge in [-0.2, -0.15) is 0 Å². The van der Waals surface area contributed by atoms with E-state index in [0.717, 1.165) is 49.2 Å². The summed E-state index contributed by atoms with van der Waals surface area (Å²) in [7, 11) is 0. The van der Waals surface area contributed by atoms with E-state index in [1.165, 1.54) is 5.56 Å². The van der Waals surface area contributed by atoms with Gasteiger partial charge >= 0.3 is 0 Å². The predicted molar refractivity (Wildman–Crippen MR) is 89.9 cm³/mol. The van der Waals surface area contributed by atoms with Crippen molar-refractivity contribution in [1.82, 2.24) is 5.32 Å². The zero-order valence-electron chi connectivity index (χ0n) is 13.0. The van der Waals surface area contributed by atoms with E-state index in [1.54, 1.807) is 0 Å². The quantitative estimate of drug-likeness (QED) is 0.790. The lowest BCUT2D eigenvalue weighted by Gasteiger charge is -2.32. The van der Waals surface area contributed by atoms with Gasteiger partial charge in [-0.25, -0.2) is 0 Å². The predicted octanol–water partition coefficient (Wildman–Crippen LogP) is 4.32. The van der Waals surface area contributed by atoms with Crippen LogP contribution in [0, 0.1) is 5.92 Å². The Morgan fingerprint density at radius 3 is 2.76 bits per heavy atom. The first-order valence-electron chi connectivity index (χ1n) is 7.99. The topological polar surface area (TPSA) is 30.5 Å². The molecule has 1 N–H and O–H groups in total.